The van der Waals surface area contributed by atoms with Crippen molar-refractivity contribution in [2.45, 2.75) is 44.0 Å². The topological polar surface area (TPSA) is 236 Å². The molecule has 0 heterocycles. The lowest BCUT2D eigenvalue weighted by Gasteiger charge is -2.14. The van der Waals surface area contributed by atoms with E-state index in [1.54, 1.807) is 0 Å². The van der Waals surface area contributed by atoms with Crippen molar-refractivity contribution in [3.63, 3.8) is 0 Å². The van der Waals surface area contributed by atoms with Gasteiger partial charge >= 0.3 is 23.9 Å². The molecule has 0 aliphatic heterocycles. The van der Waals surface area contributed by atoms with Crippen LogP contribution in [-0.4, -0.2) is 75.1 Å². The second kappa shape index (κ2) is 12.2. The second-order valence-electron chi connectivity index (χ2n) is 4.72. The molecule has 0 saturated carbocycles. The number of aliphatic hydroxyl groups excluding tert-OH is 1. The van der Waals surface area contributed by atoms with Crippen LogP contribution in [0.5, 0.6) is 0 Å². The molecule has 140 valence electrons. The molecule has 0 radical (unpaired) electrons. The number of hydrogen-bond donors (Lipinski definition) is 7. The van der Waals surface area contributed by atoms with Crippen LogP contribution in [0.3, 0.4) is 0 Å². The average molecular weight is 353 g/mol. The van der Waals surface area contributed by atoms with Gasteiger partial charge in [0.1, 0.15) is 24.7 Å². The van der Waals surface area contributed by atoms with Crippen LogP contribution in [0.2, 0.25) is 0 Å². The first-order valence-electron chi connectivity index (χ1n) is 6.69. The summed E-state index contributed by atoms with van der Waals surface area (Å²) in [5.41, 5.74) is 15.3. The minimum atomic E-state index is -1.28. The summed E-state index contributed by atoms with van der Waals surface area (Å²) in [6.45, 7) is 0.859. The summed E-state index contributed by atoms with van der Waals surface area (Å²) in [6.07, 6.45) is -1.28. The van der Waals surface area contributed by atoms with Gasteiger partial charge in [-0.05, 0) is 13.3 Å². The largest absolute Gasteiger partial charge is 0.481 e. The standard InChI is InChI=1S/C7H14N2O5.C5H9NO4/c1-3(10)5(9)7(13)14-2-4(8)6(11)12;6-3(5(9)10)1-2-4(7)8/h3-5,10H,2,8-9H2,1H3,(H,11,12);3H,1-2,6H2,(H,7,8)(H,9,10)/t3-,4+,5+;3-/m10/s1. The van der Waals surface area contributed by atoms with Gasteiger partial charge in [0.25, 0.3) is 0 Å². The molecule has 0 amide bonds. The van der Waals surface area contributed by atoms with Crippen molar-refractivity contribution >= 4 is 23.9 Å². The third-order valence-electron chi connectivity index (χ3n) is 2.50. The van der Waals surface area contributed by atoms with Crippen molar-refractivity contribution in [2.75, 3.05) is 6.61 Å². The number of aliphatic carboxylic acids is 3. The van der Waals surface area contributed by atoms with E-state index in [0.717, 1.165) is 0 Å². The molecule has 0 unspecified atom stereocenters. The molecule has 0 fully saturated rings. The van der Waals surface area contributed by atoms with Crippen molar-refractivity contribution in [2.24, 2.45) is 17.2 Å². The first-order valence-corrected chi connectivity index (χ1v) is 6.69. The van der Waals surface area contributed by atoms with E-state index in [1.807, 2.05) is 0 Å². The van der Waals surface area contributed by atoms with Gasteiger partial charge in [0.05, 0.1) is 6.10 Å². The number of carboxylic acids is 3. The van der Waals surface area contributed by atoms with Gasteiger partial charge < -0.3 is 42.4 Å². The lowest BCUT2D eigenvalue weighted by atomic mass is 10.2. The maximum atomic E-state index is 11.0. The fourth-order valence-electron chi connectivity index (χ4n) is 0.939. The summed E-state index contributed by atoms with van der Waals surface area (Å²) in [7, 11) is 0. The maximum Gasteiger partial charge on any atom is 0.325 e. The van der Waals surface area contributed by atoms with E-state index in [-0.39, 0.29) is 12.8 Å². The van der Waals surface area contributed by atoms with Crippen molar-refractivity contribution in [3.05, 3.63) is 0 Å². The number of esters is 1. The Kier molecular flexibility index (Phi) is 12.2. The number of aliphatic hydroxyl groups is 1. The van der Waals surface area contributed by atoms with Crippen LogP contribution in [0.1, 0.15) is 19.8 Å². The Labute approximate surface area is 137 Å². The van der Waals surface area contributed by atoms with Gasteiger partial charge in [0.2, 0.25) is 0 Å². The van der Waals surface area contributed by atoms with Crippen LogP contribution >= 0.6 is 0 Å². The first kappa shape index (κ1) is 24.0. The fraction of sp³-hybridized carbons (Fsp3) is 0.667. The molecular weight excluding hydrogens is 330 g/mol. The van der Waals surface area contributed by atoms with Crippen molar-refractivity contribution in [1.29, 1.82) is 0 Å². The van der Waals surface area contributed by atoms with Gasteiger partial charge in [-0.1, -0.05) is 0 Å². The van der Waals surface area contributed by atoms with Crippen LogP contribution in [0.25, 0.3) is 0 Å². The van der Waals surface area contributed by atoms with Crippen LogP contribution in [0, 0.1) is 0 Å². The molecule has 12 heteroatoms. The van der Waals surface area contributed by atoms with Crippen LogP contribution in [0.4, 0.5) is 0 Å². The number of carbonyl (C=O) groups excluding carboxylic acids is 1. The van der Waals surface area contributed by atoms with Gasteiger partial charge in [0.15, 0.2) is 0 Å². The molecule has 4 atom stereocenters. The van der Waals surface area contributed by atoms with Crippen molar-refractivity contribution < 1.29 is 44.3 Å². The lowest BCUT2D eigenvalue weighted by Crippen LogP contribution is -2.44. The number of carbonyl (C=O) groups is 4. The summed E-state index contributed by atoms with van der Waals surface area (Å²) in [4.78, 5) is 41.0. The molecule has 0 aromatic heterocycles. The number of hydrogen-bond acceptors (Lipinski definition) is 9. The summed E-state index contributed by atoms with van der Waals surface area (Å²) in [5, 5.41) is 33.5. The Morgan fingerprint density at radius 3 is 1.75 bits per heavy atom. The van der Waals surface area contributed by atoms with Crippen molar-refractivity contribution in [1.82, 2.24) is 0 Å². The summed E-state index contributed by atoms with van der Waals surface area (Å²) in [6, 6.07) is -3.52. The summed E-state index contributed by atoms with van der Waals surface area (Å²) >= 11 is 0. The Hall–Kier alpha value is -2.28. The first-order chi connectivity index (χ1) is 10.9. The van der Waals surface area contributed by atoms with Gasteiger partial charge in [-0.15, -0.1) is 0 Å². The number of rotatable bonds is 9. The highest BCUT2D eigenvalue weighted by Crippen LogP contribution is 1.94. The Bertz CT molecular complexity index is 441. The zero-order valence-electron chi connectivity index (χ0n) is 13.0. The lowest BCUT2D eigenvalue weighted by molar-refractivity contribution is -0.151. The van der Waals surface area contributed by atoms with E-state index in [9.17, 15) is 19.2 Å². The third kappa shape index (κ3) is 12.3. The van der Waals surface area contributed by atoms with Crippen LogP contribution in [-0.2, 0) is 23.9 Å². The minimum absolute atomic E-state index is 0.0231. The highest BCUT2D eigenvalue weighted by Gasteiger charge is 2.22. The molecule has 24 heavy (non-hydrogen) atoms. The highest BCUT2D eigenvalue weighted by atomic mass is 16.5. The van der Waals surface area contributed by atoms with Crippen molar-refractivity contribution in [3.8, 4) is 0 Å². The zero-order chi connectivity index (χ0) is 19.4. The van der Waals surface area contributed by atoms with Crippen LogP contribution < -0.4 is 17.2 Å². The van der Waals surface area contributed by atoms with E-state index >= 15 is 0 Å². The van der Waals surface area contributed by atoms with Gasteiger partial charge in [-0.25, -0.2) is 0 Å². The normalized spacial score (nSPS) is 15.0. The van der Waals surface area contributed by atoms with Gasteiger partial charge in [-0.2, -0.15) is 0 Å². The Morgan fingerprint density at radius 2 is 1.42 bits per heavy atom. The van der Waals surface area contributed by atoms with Crippen LogP contribution in [0.15, 0.2) is 0 Å². The number of ether oxygens (including phenoxy) is 1. The van der Waals surface area contributed by atoms with E-state index in [4.69, 9.17) is 37.6 Å². The molecule has 12 nitrogen and oxygen atoms in total. The molecular formula is C12H23N3O9. The molecule has 10 N–H and O–H groups in total. The van der Waals surface area contributed by atoms with Gasteiger partial charge in [-0.3, -0.25) is 19.2 Å². The summed E-state index contributed by atoms with van der Waals surface area (Å²) in [5.74, 6) is -4.35. The van der Waals surface area contributed by atoms with E-state index in [2.05, 4.69) is 4.74 Å². The second-order valence-corrected chi connectivity index (χ2v) is 4.72. The molecule has 0 rings (SSSR count). The number of carboxylic acid groups (broad SMARTS) is 3. The average Bonchev–Trinajstić information content (AvgIpc) is 2.48. The highest BCUT2D eigenvalue weighted by molar-refractivity contribution is 5.77. The van der Waals surface area contributed by atoms with E-state index < -0.39 is 54.7 Å². The number of nitrogens with two attached hydrogens (primary N) is 3. The van der Waals surface area contributed by atoms with E-state index in [0.29, 0.717) is 0 Å². The molecule has 0 saturated heterocycles. The maximum absolute atomic E-state index is 11.0. The molecule has 0 aliphatic rings. The predicted molar refractivity (Wildman–Crippen MR) is 78.7 cm³/mol. The van der Waals surface area contributed by atoms with E-state index in [1.165, 1.54) is 6.92 Å². The quantitative estimate of drug-likeness (QED) is 0.204. The summed E-state index contributed by atoms with van der Waals surface area (Å²) < 4.78 is 4.46. The molecule has 0 bridgehead atoms. The smallest absolute Gasteiger partial charge is 0.325 e. The monoisotopic (exact) mass is 353 g/mol. The van der Waals surface area contributed by atoms with Gasteiger partial charge in [0, 0.05) is 6.42 Å². The molecule has 0 aromatic rings. The Morgan fingerprint density at radius 1 is 0.958 bits per heavy atom. The minimum Gasteiger partial charge on any atom is -0.481 e. The fourth-order valence-corrected chi connectivity index (χ4v) is 0.939. The third-order valence-corrected chi connectivity index (χ3v) is 2.50. The molecule has 0 spiro atoms. The SMILES string of the molecule is C[C@@H](O)[C@H](N)C(=O)OC[C@H](N)C(=O)O.N[C@@H](CCC(=O)O)C(=O)O. The Balaban J connectivity index is 0. The molecule has 0 aromatic carbocycles. The predicted octanol–water partition coefficient (Wildman–Crippen LogP) is -3.09. The molecule has 0 aliphatic carbocycles. The zero-order valence-corrected chi connectivity index (χ0v) is 13.0.